The van der Waals surface area contributed by atoms with Gasteiger partial charge in [0.05, 0.1) is 5.25 Å². The van der Waals surface area contributed by atoms with E-state index in [2.05, 4.69) is 5.32 Å². The smallest absolute Gasteiger partial charge is 0.269 e. The van der Waals surface area contributed by atoms with Gasteiger partial charge in [-0.1, -0.05) is 58.7 Å². The van der Waals surface area contributed by atoms with E-state index in [1.807, 2.05) is 57.2 Å². The fourth-order valence-corrected chi connectivity index (χ4v) is 5.50. The minimum absolute atomic E-state index is 0.133. The number of rotatable bonds is 5. The Bertz CT molecular complexity index is 1430. The molecule has 3 aromatic carbocycles. The summed E-state index contributed by atoms with van der Waals surface area (Å²) in [5.41, 5.74) is 4.87. The van der Waals surface area contributed by atoms with Crippen molar-refractivity contribution in [1.29, 1.82) is 5.26 Å². The molecule has 3 aromatic rings. The second kappa shape index (κ2) is 10.8. The molecule has 8 heteroatoms. The SMILES string of the molecule is Cc1ccc(NC(=O)C(C#N)=C2SC(Cc3cc(Cl)ccc3Cl)C(=O)N2c2ccc(C)c(C)c2)cc1. The standard InChI is InChI=1S/C28H23Cl2N3O2S/c1-16-4-8-21(9-5-16)32-26(34)23(15-31)28-33(22-10-6-17(2)18(3)12-22)27(35)25(36-28)14-19-13-20(29)7-11-24(19)30/h4-13,25H,14H2,1-3H3,(H,32,34). The van der Waals surface area contributed by atoms with Crippen LogP contribution in [-0.4, -0.2) is 17.1 Å². The topological polar surface area (TPSA) is 73.2 Å². The third-order valence-electron chi connectivity index (χ3n) is 5.98. The Kier molecular flexibility index (Phi) is 7.75. The molecule has 36 heavy (non-hydrogen) atoms. The number of hydrogen-bond donors (Lipinski definition) is 1. The van der Waals surface area contributed by atoms with Crippen molar-refractivity contribution in [3.63, 3.8) is 0 Å². The van der Waals surface area contributed by atoms with Crippen LogP contribution in [0.1, 0.15) is 22.3 Å². The molecule has 2 amide bonds. The number of benzene rings is 3. The van der Waals surface area contributed by atoms with Crippen molar-refractivity contribution >= 4 is 58.2 Å². The van der Waals surface area contributed by atoms with Gasteiger partial charge in [0, 0.05) is 21.4 Å². The van der Waals surface area contributed by atoms with Gasteiger partial charge in [-0.2, -0.15) is 5.26 Å². The fourth-order valence-electron chi connectivity index (χ4n) is 3.82. The van der Waals surface area contributed by atoms with Crippen molar-refractivity contribution in [1.82, 2.24) is 0 Å². The molecule has 1 heterocycles. The van der Waals surface area contributed by atoms with E-state index in [-0.39, 0.29) is 11.5 Å². The lowest BCUT2D eigenvalue weighted by Gasteiger charge is -2.20. The van der Waals surface area contributed by atoms with E-state index in [1.165, 1.54) is 16.7 Å². The Labute approximate surface area is 224 Å². The minimum atomic E-state index is -0.590. The van der Waals surface area contributed by atoms with Gasteiger partial charge in [0.25, 0.3) is 5.91 Å². The molecule has 0 saturated carbocycles. The molecule has 1 unspecified atom stereocenters. The highest BCUT2D eigenvalue weighted by molar-refractivity contribution is 8.05. The third kappa shape index (κ3) is 5.44. The maximum Gasteiger partial charge on any atom is 0.269 e. The van der Waals surface area contributed by atoms with Crippen LogP contribution in [0.2, 0.25) is 10.0 Å². The van der Waals surface area contributed by atoms with E-state index < -0.39 is 11.2 Å². The van der Waals surface area contributed by atoms with Crippen molar-refractivity contribution in [2.24, 2.45) is 0 Å². The zero-order valence-electron chi connectivity index (χ0n) is 19.9. The molecule has 0 aromatic heterocycles. The highest BCUT2D eigenvalue weighted by Gasteiger charge is 2.41. The van der Waals surface area contributed by atoms with Crippen molar-refractivity contribution in [2.45, 2.75) is 32.4 Å². The molecule has 182 valence electrons. The van der Waals surface area contributed by atoms with Crippen molar-refractivity contribution in [3.05, 3.63) is 104 Å². The number of nitriles is 1. The van der Waals surface area contributed by atoms with Gasteiger partial charge in [-0.25, -0.2) is 0 Å². The van der Waals surface area contributed by atoms with Crippen LogP contribution in [0.3, 0.4) is 0 Å². The van der Waals surface area contributed by atoms with Crippen LogP contribution in [0, 0.1) is 32.1 Å². The van der Waals surface area contributed by atoms with Gasteiger partial charge >= 0.3 is 0 Å². The van der Waals surface area contributed by atoms with Gasteiger partial charge in [-0.15, -0.1) is 0 Å². The molecule has 0 radical (unpaired) electrons. The van der Waals surface area contributed by atoms with Crippen LogP contribution < -0.4 is 10.2 Å². The van der Waals surface area contributed by atoms with Crippen molar-refractivity contribution < 1.29 is 9.59 Å². The number of hydrogen-bond acceptors (Lipinski definition) is 4. The number of carbonyl (C=O) groups excluding carboxylic acids is 2. The van der Waals surface area contributed by atoms with Gasteiger partial charge in [0.15, 0.2) is 0 Å². The third-order valence-corrected chi connectivity index (χ3v) is 7.84. The summed E-state index contributed by atoms with van der Waals surface area (Å²) in [6.45, 7) is 5.88. The van der Waals surface area contributed by atoms with Crippen LogP contribution >= 0.6 is 35.0 Å². The first-order valence-electron chi connectivity index (χ1n) is 11.2. The van der Waals surface area contributed by atoms with E-state index in [9.17, 15) is 14.9 Å². The zero-order valence-corrected chi connectivity index (χ0v) is 22.3. The number of anilines is 2. The summed E-state index contributed by atoms with van der Waals surface area (Å²) in [7, 11) is 0. The monoisotopic (exact) mass is 535 g/mol. The van der Waals surface area contributed by atoms with E-state index in [4.69, 9.17) is 23.2 Å². The molecule has 5 nitrogen and oxygen atoms in total. The summed E-state index contributed by atoms with van der Waals surface area (Å²) < 4.78 is 0. The maximum atomic E-state index is 13.7. The Morgan fingerprint density at radius 1 is 1.03 bits per heavy atom. The molecule has 1 aliphatic heterocycles. The van der Waals surface area contributed by atoms with Gasteiger partial charge in [0.2, 0.25) is 5.91 Å². The van der Waals surface area contributed by atoms with E-state index >= 15 is 0 Å². The second-order valence-corrected chi connectivity index (χ2v) is 10.6. The summed E-state index contributed by atoms with van der Waals surface area (Å²) in [5.74, 6) is -0.808. The average molecular weight is 536 g/mol. The number of thioether (sulfide) groups is 1. The largest absolute Gasteiger partial charge is 0.321 e. The summed E-state index contributed by atoms with van der Waals surface area (Å²) >= 11 is 13.7. The second-order valence-electron chi connectivity index (χ2n) is 8.60. The lowest BCUT2D eigenvalue weighted by Crippen LogP contribution is -2.31. The number of nitrogens with zero attached hydrogens (tertiary/aromatic N) is 2. The van der Waals surface area contributed by atoms with E-state index in [0.29, 0.717) is 32.9 Å². The highest BCUT2D eigenvalue weighted by Crippen LogP contribution is 2.43. The average Bonchev–Trinajstić information content (AvgIpc) is 3.15. The van der Waals surface area contributed by atoms with Crippen LogP contribution in [0.15, 0.2) is 71.3 Å². The molecule has 1 N–H and O–H groups in total. The van der Waals surface area contributed by atoms with Gasteiger partial charge in [0.1, 0.15) is 16.7 Å². The Morgan fingerprint density at radius 3 is 2.42 bits per heavy atom. The number of nitrogens with one attached hydrogen (secondary N) is 1. The Hall–Kier alpha value is -3.24. The van der Waals surface area contributed by atoms with Gasteiger partial charge in [-0.3, -0.25) is 14.5 Å². The highest BCUT2D eigenvalue weighted by atomic mass is 35.5. The summed E-state index contributed by atoms with van der Waals surface area (Å²) in [5, 5.41) is 13.5. The van der Waals surface area contributed by atoms with Crippen molar-refractivity contribution in [3.8, 4) is 6.07 Å². The predicted molar refractivity (Wildman–Crippen MR) is 147 cm³/mol. The zero-order chi connectivity index (χ0) is 26.0. The first-order valence-corrected chi connectivity index (χ1v) is 12.9. The predicted octanol–water partition coefficient (Wildman–Crippen LogP) is 6.98. The normalized spacial score (nSPS) is 16.6. The molecule has 1 atom stereocenters. The lowest BCUT2D eigenvalue weighted by molar-refractivity contribution is -0.117. The van der Waals surface area contributed by atoms with Crippen LogP contribution in [-0.2, 0) is 16.0 Å². The quantitative estimate of drug-likeness (QED) is 0.282. The van der Waals surface area contributed by atoms with Gasteiger partial charge < -0.3 is 5.32 Å². The number of aryl methyl sites for hydroxylation is 3. The van der Waals surface area contributed by atoms with Crippen LogP contribution in [0.5, 0.6) is 0 Å². The first kappa shape index (κ1) is 25.8. The lowest BCUT2D eigenvalue weighted by atomic mass is 10.1. The molecule has 0 spiro atoms. The Balaban J connectivity index is 1.76. The molecule has 0 bridgehead atoms. The number of carbonyl (C=O) groups is 2. The maximum absolute atomic E-state index is 13.7. The molecule has 1 aliphatic rings. The fraction of sp³-hybridized carbons (Fsp3) is 0.179. The molecular formula is C28H23Cl2N3O2S. The first-order chi connectivity index (χ1) is 17.2. The van der Waals surface area contributed by atoms with Gasteiger partial charge in [-0.05, 0) is 86.3 Å². The van der Waals surface area contributed by atoms with Crippen LogP contribution in [0.25, 0.3) is 0 Å². The summed E-state index contributed by atoms with van der Waals surface area (Å²) in [6.07, 6.45) is 0.298. The Morgan fingerprint density at radius 2 is 1.75 bits per heavy atom. The molecule has 0 aliphatic carbocycles. The van der Waals surface area contributed by atoms with E-state index in [0.717, 1.165) is 22.3 Å². The molecule has 4 rings (SSSR count). The minimum Gasteiger partial charge on any atom is -0.321 e. The molecule has 1 saturated heterocycles. The summed E-state index contributed by atoms with van der Waals surface area (Å²) in [4.78, 5) is 28.4. The number of halogens is 2. The number of amides is 2. The molecule has 1 fully saturated rings. The summed E-state index contributed by atoms with van der Waals surface area (Å²) in [6, 6.07) is 20.0. The van der Waals surface area contributed by atoms with Crippen molar-refractivity contribution in [2.75, 3.05) is 10.2 Å². The van der Waals surface area contributed by atoms with E-state index in [1.54, 1.807) is 30.3 Å². The molecular weight excluding hydrogens is 513 g/mol. The van der Waals surface area contributed by atoms with Crippen LogP contribution in [0.4, 0.5) is 11.4 Å².